The molecule has 0 aliphatic carbocycles. The lowest BCUT2D eigenvalue weighted by Crippen LogP contribution is -2.18. The first-order chi connectivity index (χ1) is 12.9. The van der Waals surface area contributed by atoms with E-state index in [0.717, 1.165) is 27.2 Å². The van der Waals surface area contributed by atoms with Gasteiger partial charge >= 0.3 is 5.97 Å². The van der Waals surface area contributed by atoms with Crippen LogP contribution < -0.4 is 4.90 Å². The van der Waals surface area contributed by atoms with Gasteiger partial charge in [-0.1, -0.05) is 12.1 Å². The first-order valence-electron chi connectivity index (χ1n) is 8.59. The number of benzene rings is 1. The molecule has 0 bridgehead atoms. The predicted octanol–water partition coefficient (Wildman–Crippen LogP) is 3.99. The molecule has 3 rings (SSSR count). The Morgan fingerprint density at radius 1 is 1.26 bits per heavy atom. The van der Waals surface area contributed by atoms with Crippen molar-refractivity contribution in [3.05, 3.63) is 51.7 Å². The van der Waals surface area contributed by atoms with Crippen molar-refractivity contribution in [3.8, 4) is 6.07 Å². The van der Waals surface area contributed by atoms with Gasteiger partial charge in [-0.3, -0.25) is 0 Å². The summed E-state index contributed by atoms with van der Waals surface area (Å²) < 4.78 is 5.17. The van der Waals surface area contributed by atoms with E-state index in [0.29, 0.717) is 29.4 Å². The summed E-state index contributed by atoms with van der Waals surface area (Å²) in [7, 11) is 1.96. The number of carbonyl (C=O) groups excluding carboxylic acids is 1. The smallest absolute Gasteiger partial charge is 0.348 e. The molecule has 0 saturated heterocycles. The van der Waals surface area contributed by atoms with Crippen LogP contribution in [0.5, 0.6) is 0 Å². The Kier molecular flexibility index (Phi) is 5.38. The minimum Gasteiger partial charge on any atom is -0.462 e. The molecule has 6 nitrogen and oxygen atoms in total. The number of aromatic nitrogens is 2. The third-order valence-corrected chi connectivity index (χ3v) is 5.37. The van der Waals surface area contributed by atoms with Gasteiger partial charge in [-0.25, -0.2) is 14.8 Å². The molecule has 27 heavy (non-hydrogen) atoms. The second kappa shape index (κ2) is 7.72. The van der Waals surface area contributed by atoms with Gasteiger partial charge in [0.25, 0.3) is 0 Å². The molecule has 138 valence electrons. The summed E-state index contributed by atoms with van der Waals surface area (Å²) >= 11 is 1.34. The molecule has 0 saturated carbocycles. The van der Waals surface area contributed by atoms with E-state index < -0.39 is 0 Å². The molecular weight excluding hydrogens is 360 g/mol. The third kappa shape index (κ3) is 3.76. The lowest BCUT2D eigenvalue weighted by molar-refractivity contribution is 0.0531. The normalized spacial score (nSPS) is 10.6. The zero-order chi connectivity index (χ0) is 19.6. The number of aryl methyl sites for hydroxylation is 2. The Hall–Kier alpha value is -2.98. The van der Waals surface area contributed by atoms with Crippen LogP contribution in [0.1, 0.15) is 39.1 Å². The van der Waals surface area contributed by atoms with E-state index in [9.17, 15) is 4.79 Å². The van der Waals surface area contributed by atoms with Crippen LogP contribution in [0.25, 0.3) is 10.2 Å². The second-order valence-electron chi connectivity index (χ2n) is 6.22. The highest BCUT2D eigenvalue weighted by Crippen LogP contribution is 2.36. The molecule has 0 atom stereocenters. The second-order valence-corrected chi connectivity index (χ2v) is 7.22. The van der Waals surface area contributed by atoms with Crippen molar-refractivity contribution in [2.24, 2.45) is 0 Å². The van der Waals surface area contributed by atoms with Crippen LogP contribution in [0, 0.1) is 25.2 Å². The van der Waals surface area contributed by atoms with Crippen molar-refractivity contribution in [2.75, 3.05) is 18.6 Å². The van der Waals surface area contributed by atoms with Crippen molar-refractivity contribution in [1.29, 1.82) is 5.26 Å². The molecule has 0 unspecified atom stereocenters. The maximum absolute atomic E-state index is 12.3. The van der Waals surface area contributed by atoms with Crippen molar-refractivity contribution < 1.29 is 9.53 Å². The van der Waals surface area contributed by atoms with E-state index in [4.69, 9.17) is 10.00 Å². The minimum atomic E-state index is -0.323. The lowest BCUT2D eigenvalue weighted by atomic mass is 10.1. The monoisotopic (exact) mass is 380 g/mol. The number of carbonyl (C=O) groups is 1. The highest BCUT2D eigenvalue weighted by molar-refractivity contribution is 7.20. The summed E-state index contributed by atoms with van der Waals surface area (Å²) in [5, 5.41) is 9.82. The van der Waals surface area contributed by atoms with Gasteiger partial charge in [-0.05, 0) is 44.0 Å². The molecule has 0 radical (unpaired) electrons. The average Bonchev–Trinajstić information content (AvgIpc) is 2.98. The minimum absolute atomic E-state index is 0.323. The number of anilines is 1. The number of nitrogens with zero attached hydrogens (tertiary/aromatic N) is 4. The van der Waals surface area contributed by atoms with Gasteiger partial charge in [0, 0.05) is 13.6 Å². The van der Waals surface area contributed by atoms with Gasteiger partial charge in [0.05, 0.1) is 23.6 Å². The molecule has 0 aliphatic heterocycles. The summed E-state index contributed by atoms with van der Waals surface area (Å²) in [5.41, 5.74) is 2.55. The number of fused-ring (bicyclic) bond motifs is 1. The standard InChI is InChI=1S/C20H20N4O2S/c1-5-26-20(25)17-12(2)16-18(22-13(3)23-19(16)27-17)24(4)11-15-8-6-14(10-21)7-9-15/h6-9H,5,11H2,1-4H3. The van der Waals surface area contributed by atoms with Crippen molar-refractivity contribution in [1.82, 2.24) is 9.97 Å². The largest absolute Gasteiger partial charge is 0.462 e. The molecule has 2 heterocycles. The SMILES string of the molecule is CCOC(=O)c1sc2nc(C)nc(N(C)Cc3ccc(C#N)cc3)c2c1C. The third-order valence-electron chi connectivity index (χ3n) is 4.21. The van der Waals surface area contributed by atoms with Gasteiger partial charge in [-0.15, -0.1) is 11.3 Å². The Morgan fingerprint density at radius 2 is 1.96 bits per heavy atom. The fourth-order valence-electron chi connectivity index (χ4n) is 2.92. The summed E-state index contributed by atoms with van der Waals surface area (Å²) in [6.07, 6.45) is 0. The Bertz CT molecular complexity index is 1030. The van der Waals surface area contributed by atoms with E-state index >= 15 is 0 Å². The quantitative estimate of drug-likeness (QED) is 0.623. The number of thiophene rings is 1. The van der Waals surface area contributed by atoms with Crippen LogP contribution in [0.3, 0.4) is 0 Å². The highest BCUT2D eigenvalue weighted by Gasteiger charge is 2.22. The van der Waals surface area contributed by atoms with Gasteiger partial charge in [-0.2, -0.15) is 5.26 Å². The summed E-state index contributed by atoms with van der Waals surface area (Å²) in [6, 6.07) is 9.60. The number of esters is 1. The number of ether oxygens (including phenoxy) is 1. The van der Waals surface area contributed by atoms with E-state index in [1.54, 1.807) is 19.1 Å². The van der Waals surface area contributed by atoms with Crippen LogP contribution in [-0.4, -0.2) is 29.6 Å². The molecule has 0 aliphatic rings. The first kappa shape index (κ1) is 18.8. The van der Waals surface area contributed by atoms with Crippen molar-refractivity contribution in [3.63, 3.8) is 0 Å². The molecule has 0 spiro atoms. The van der Waals surface area contributed by atoms with Crippen LogP contribution in [-0.2, 0) is 11.3 Å². The molecule has 0 amide bonds. The van der Waals surface area contributed by atoms with Crippen molar-refractivity contribution >= 4 is 33.3 Å². The number of hydrogen-bond donors (Lipinski definition) is 0. The summed E-state index contributed by atoms with van der Waals surface area (Å²) in [4.78, 5) is 24.8. The van der Waals surface area contributed by atoms with Gasteiger partial charge < -0.3 is 9.64 Å². The summed E-state index contributed by atoms with van der Waals surface area (Å²) in [5.74, 6) is 1.11. The molecule has 0 fully saturated rings. The fourth-order valence-corrected chi connectivity index (χ4v) is 4.04. The Labute approximate surface area is 162 Å². The Morgan fingerprint density at radius 3 is 2.59 bits per heavy atom. The van der Waals surface area contributed by atoms with Gasteiger partial charge in [0.2, 0.25) is 0 Å². The summed E-state index contributed by atoms with van der Waals surface area (Å²) in [6.45, 7) is 6.51. The van der Waals surface area contributed by atoms with E-state index in [2.05, 4.69) is 16.0 Å². The Balaban J connectivity index is 2.01. The predicted molar refractivity (Wildman–Crippen MR) is 106 cm³/mol. The number of hydrogen-bond acceptors (Lipinski definition) is 7. The molecular formula is C20H20N4O2S. The first-order valence-corrected chi connectivity index (χ1v) is 9.41. The molecule has 2 aromatic heterocycles. The molecule has 1 aromatic carbocycles. The average molecular weight is 380 g/mol. The van der Waals surface area contributed by atoms with Crippen LogP contribution in [0.2, 0.25) is 0 Å². The van der Waals surface area contributed by atoms with Crippen molar-refractivity contribution in [2.45, 2.75) is 27.3 Å². The number of rotatable bonds is 5. The topological polar surface area (TPSA) is 79.1 Å². The fraction of sp³-hybridized carbons (Fsp3) is 0.300. The zero-order valence-corrected chi connectivity index (χ0v) is 16.6. The molecule has 3 aromatic rings. The number of nitriles is 1. The van der Waals surface area contributed by atoms with Crippen LogP contribution in [0.4, 0.5) is 5.82 Å². The van der Waals surface area contributed by atoms with E-state index in [1.165, 1.54) is 11.3 Å². The zero-order valence-electron chi connectivity index (χ0n) is 15.7. The van der Waals surface area contributed by atoms with Crippen LogP contribution in [0.15, 0.2) is 24.3 Å². The van der Waals surface area contributed by atoms with Gasteiger partial charge in [0.15, 0.2) is 0 Å². The molecule has 7 heteroatoms. The van der Waals surface area contributed by atoms with E-state index in [1.807, 2.05) is 37.9 Å². The molecule has 0 N–H and O–H groups in total. The lowest BCUT2D eigenvalue weighted by Gasteiger charge is -2.20. The maximum atomic E-state index is 12.3. The van der Waals surface area contributed by atoms with Crippen LogP contribution >= 0.6 is 11.3 Å². The van der Waals surface area contributed by atoms with Gasteiger partial charge in [0.1, 0.15) is 21.3 Å². The van der Waals surface area contributed by atoms with E-state index in [-0.39, 0.29) is 5.97 Å². The highest BCUT2D eigenvalue weighted by atomic mass is 32.1. The maximum Gasteiger partial charge on any atom is 0.348 e.